The first kappa shape index (κ1) is 14.2. The van der Waals surface area contributed by atoms with Gasteiger partial charge in [0.2, 0.25) is 0 Å². The van der Waals surface area contributed by atoms with Crippen LogP contribution in [0.25, 0.3) is 5.69 Å². The van der Waals surface area contributed by atoms with Crippen LogP contribution < -0.4 is 0 Å². The van der Waals surface area contributed by atoms with Crippen LogP contribution in [0.3, 0.4) is 0 Å². The number of tetrazole rings is 1. The van der Waals surface area contributed by atoms with Gasteiger partial charge in [0.05, 0.1) is 5.69 Å². The molecule has 0 fully saturated rings. The second kappa shape index (κ2) is 6.79. The molecule has 0 unspecified atom stereocenters. The highest BCUT2D eigenvalue weighted by molar-refractivity contribution is 5.94. The summed E-state index contributed by atoms with van der Waals surface area (Å²) < 4.78 is 1.54. The Morgan fingerprint density at radius 2 is 2.20 bits per heavy atom. The Bertz CT molecular complexity index is 552. The number of benzene rings is 1. The summed E-state index contributed by atoms with van der Waals surface area (Å²) in [6.45, 7) is 5.63. The summed E-state index contributed by atoms with van der Waals surface area (Å²) in [5, 5.41) is 11.0. The molecule has 0 aliphatic rings. The topological polar surface area (TPSA) is 63.9 Å². The van der Waals surface area contributed by atoms with E-state index in [1.54, 1.807) is 4.68 Å². The number of aromatic nitrogens is 4. The summed E-state index contributed by atoms with van der Waals surface area (Å²) in [7, 11) is 0. The third-order valence-electron chi connectivity index (χ3n) is 3.16. The normalized spacial score (nSPS) is 10.5. The fourth-order valence-corrected chi connectivity index (χ4v) is 2.00. The van der Waals surface area contributed by atoms with Crippen LogP contribution in [-0.4, -0.2) is 44.1 Å². The molecular formula is C14H19N5O. The monoisotopic (exact) mass is 273 g/mol. The van der Waals surface area contributed by atoms with E-state index in [-0.39, 0.29) is 5.91 Å². The first-order chi connectivity index (χ1) is 9.76. The fraction of sp³-hybridized carbons (Fsp3) is 0.429. The molecule has 0 radical (unpaired) electrons. The van der Waals surface area contributed by atoms with E-state index < -0.39 is 0 Å². The quantitative estimate of drug-likeness (QED) is 0.806. The van der Waals surface area contributed by atoms with E-state index in [0.717, 1.165) is 25.1 Å². The van der Waals surface area contributed by atoms with Crippen LogP contribution in [0.5, 0.6) is 0 Å². The second-order valence-corrected chi connectivity index (χ2v) is 4.54. The Balaban J connectivity index is 2.19. The summed E-state index contributed by atoms with van der Waals surface area (Å²) in [6.07, 6.45) is 3.61. The van der Waals surface area contributed by atoms with Crippen molar-refractivity contribution in [2.75, 3.05) is 13.1 Å². The Morgan fingerprint density at radius 3 is 2.85 bits per heavy atom. The predicted molar refractivity (Wildman–Crippen MR) is 75.6 cm³/mol. The number of amides is 1. The highest BCUT2D eigenvalue weighted by Gasteiger charge is 2.14. The zero-order valence-electron chi connectivity index (χ0n) is 11.9. The third kappa shape index (κ3) is 3.20. The lowest BCUT2D eigenvalue weighted by molar-refractivity contribution is 0.0762. The molecule has 0 aliphatic carbocycles. The van der Waals surface area contributed by atoms with Crippen LogP contribution in [0.4, 0.5) is 0 Å². The van der Waals surface area contributed by atoms with Crippen molar-refractivity contribution >= 4 is 5.91 Å². The van der Waals surface area contributed by atoms with Crippen LogP contribution in [-0.2, 0) is 0 Å². The van der Waals surface area contributed by atoms with Crippen molar-refractivity contribution in [2.45, 2.75) is 26.7 Å². The minimum Gasteiger partial charge on any atom is -0.339 e. The van der Waals surface area contributed by atoms with E-state index in [4.69, 9.17) is 0 Å². The SMILES string of the molecule is CCCCN(CC)C(=O)c1cccc(-n2cnnn2)c1. The van der Waals surface area contributed by atoms with Crippen LogP contribution in [0.1, 0.15) is 37.0 Å². The summed E-state index contributed by atoms with van der Waals surface area (Å²) in [6, 6.07) is 7.35. The van der Waals surface area contributed by atoms with Gasteiger partial charge in [0.15, 0.2) is 0 Å². The fourth-order valence-electron chi connectivity index (χ4n) is 2.00. The first-order valence-corrected chi connectivity index (χ1v) is 6.89. The number of carbonyl (C=O) groups excluding carboxylic acids is 1. The van der Waals surface area contributed by atoms with Crippen molar-refractivity contribution in [1.29, 1.82) is 0 Å². The predicted octanol–water partition coefficient (Wildman–Crippen LogP) is 1.92. The molecule has 6 heteroatoms. The molecule has 1 heterocycles. The van der Waals surface area contributed by atoms with Crippen molar-refractivity contribution in [3.8, 4) is 5.69 Å². The van der Waals surface area contributed by atoms with Gasteiger partial charge < -0.3 is 4.90 Å². The summed E-state index contributed by atoms with van der Waals surface area (Å²) >= 11 is 0. The van der Waals surface area contributed by atoms with Gasteiger partial charge in [0, 0.05) is 18.7 Å². The van der Waals surface area contributed by atoms with E-state index >= 15 is 0 Å². The molecule has 1 amide bonds. The van der Waals surface area contributed by atoms with Crippen molar-refractivity contribution in [3.05, 3.63) is 36.2 Å². The Labute approximate surface area is 118 Å². The van der Waals surface area contributed by atoms with Gasteiger partial charge in [-0.25, -0.2) is 4.68 Å². The largest absolute Gasteiger partial charge is 0.339 e. The molecule has 1 aromatic carbocycles. The maximum atomic E-state index is 12.5. The molecule has 106 valence electrons. The highest BCUT2D eigenvalue weighted by atomic mass is 16.2. The van der Waals surface area contributed by atoms with Crippen LogP contribution in [0.15, 0.2) is 30.6 Å². The summed E-state index contributed by atoms with van der Waals surface area (Å²) in [4.78, 5) is 14.3. The minimum absolute atomic E-state index is 0.0517. The molecule has 6 nitrogen and oxygen atoms in total. The maximum Gasteiger partial charge on any atom is 0.253 e. The third-order valence-corrected chi connectivity index (χ3v) is 3.16. The summed E-state index contributed by atoms with van der Waals surface area (Å²) in [5.41, 5.74) is 1.45. The molecule has 0 saturated carbocycles. The molecule has 0 N–H and O–H groups in total. The van der Waals surface area contributed by atoms with Crippen LogP contribution in [0, 0.1) is 0 Å². The van der Waals surface area contributed by atoms with Crippen molar-refractivity contribution in [2.24, 2.45) is 0 Å². The summed E-state index contributed by atoms with van der Waals surface area (Å²) in [5.74, 6) is 0.0517. The number of carbonyl (C=O) groups is 1. The highest BCUT2D eigenvalue weighted by Crippen LogP contribution is 2.12. The molecule has 1 aromatic heterocycles. The molecule has 0 aliphatic heterocycles. The lowest BCUT2D eigenvalue weighted by Crippen LogP contribution is -2.31. The minimum atomic E-state index is 0.0517. The zero-order valence-corrected chi connectivity index (χ0v) is 11.9. The van der Waals surface area contributed by atoms with Crippen molar-refractivity contribution in [3.63, 3.8) is 0 Å². The molecule has 2 aromatic rings. The number of unbranched alkanes of at least 4 members (excludes halogenated alkanes) is 1. The average Bonchev–Trinajstić information content (AvgIpc) is 3.02. The molecule has 0 spiro atoms. The van der Waals surface area contributed by atoms with Gasteiger partial charge in [0.1, 0.15) is 6.33 Å². The Kier molecular flexibility index (Phi) is 4.81. The molecule has 20 heavy (non-hydrogen) atoms. The first-order valence-electron chi connectivity index (χ1n) is 6.89. The van der Waals surface area contributed by atoms with Crippen molar-refractivity contribution in [1.82, 2.24) is 25.1 Å². The zero-order chi connectivity index (χ0) is 14.4. The van der Waals surface area contributed by atoms with E-state index in [0.29, 0.717) is 12.1 Å². The van der Waals surface area contributed by atoms with E-state index in [1.165, 1.54) is 6.33 Å². The number of hydrogen-bond acceptors (Lipinski definition) is 4. The van der Waals surface area contributed by atoms with E-state index in [9.17, 15) is 4.79 Å². The van der Waals surface area contributed by atoms with Gasteiger partial charge in [-0.3, -0.25) is 4.79 Å². The van der Waals surface area contributed by atoms with Gasteiger partial charge in [0.25, 0.3) is 5.91 Å². The number of hydrogen-bond donors (Lipinski definition) is 0. The molecule has 2 rings (SSSR count). The van der Waals surface area contributed by atoms with E-state index in [1.807, 2.05) is 36.1 Å². The molecule has 0 atom stereocenters. The molecule has 0 saturated heterocycles. The van der Waals surface area contributed by atoms with Crippen molar-refractivity contribution < 1.29 is 4.79 Å². The molecule has 0 bridgehead atoms. The second-order valence-electron chi connectivity index (χ2n) is 4.54. The maximum absolute atomic E-state index is 12.5. The van der Waals surface area contributed by atoms with Gasteiger partial charge in [-0.1, -0.05) is 19.4 Å². The van der Waals surface area contributed by atoms with Crippen LogP contribution >= 0.6 is 0 Å². The average molecular weight is 273 g/mol. The molecular weight excluding hydrogens is 254 g/mol. The van der Waals surface area contributed by atoms with E-state index in [2.05, 4.69) is 22.4 Å². The number of nitrogens with zero attached hydrogens (tertiary/aromatic N) is 5. The van der Waals surface area contributed by atoms with Gasteiger partial charge in [-0.05, 0) is 42.0 Å². The van der Waals surface area contributed by atoms with Gasteiger partial charge >= 0.3 is 0 Å². The van der Waals surface area contributed by atoms with Gasteiger partial charge in [-0.15, -0.1) is 5.10 Å². The lowest BCUT2D eigenvalue weighted by atomic mass is 10.1. The standard InChI is InChI=1S/C14H19N5O/c1-3-5-9-18(4-2)14(20)12-7-6-8-13(10-12)19-11-15-16-17-19/h6-8,10-11H,3-5,9H2,1-2H3. The smallest absolute Gasteiger partial charge is 0.253 e. The van der Waals surface area contributed by atoms with Gasteiger partial charge in [-0.2, -0.15) is 0 Å². The Morgan fingerprint density at radius 1 is 1.35 bits per heavy atom. The Hall–Kier alpha value is -2.24. The lowest BCUT2D eigenvalue weighted by Gasteiger charge is -2.20. The number of rotatable bonds is 6. The van der Waals surface area contributed by atoms with Crippen LogP contribution in [0.2, 0.25) is 0 Å².